The second kappa shape index (κ2) is 5.32. The Labute approximate surface area is 162 Å². The van der Waals surface area contributed by atoms with Gasteiger partial charge in [-0.1, -0.05) is 54.6 Å². The summed E-state index contributed by atoms with van der Waals surface area (Å²) in [6, 6.07) is 23.6. The van der Waals surface area contributed by atoms with Crippen LogP contribution in [0.3, 0.4) is 0 Å². The molecule has 0 aromatic heterocycles. The molecule has 4 nitrogen and oxygen atoms in total. The molecule has 1 fully saturated rings. The first-order chi connectivity index (χ1) is 13.7. The first-order valence-corrected chi connectivity index (χ1v) is 9.58. The van der Waals surface area contributed by atoms with Crippen LogP contribution in [0.25, 0.3) is 0 Å². The van der Waals surface area contributed by atoms with Crippen molar-refractivity contribution in [3.63, 3.8) is 0 Å². The highest BCUT2D eigenvalue weighted by atomic mass is 16.2. The topological polar surface area (TPSA) is 63.4 Å². The van der Waals surface area contributed by atoms with E-state index in [0.717, 1.165) is 0 Å². The molecule has 0 unspecified atom stereocenters. The van der Waals surface area contributed by atoms with E-state index in [-0.39, 0.29) is 35.5 Å². The van der Waals surface area contributed by atoms with Crippen molar-refractivity contribution < 1.29 is 9.59 Å². The van der Waals surface area contributed by atoms with Gasteiger partial charge in [-0.25, -0.2) is 4.90 Å². The van der Waals surface area contributed by atoms with Gasteiger partial charge >= 0.3 is 0 Å². The molecule has 2 amide bonds. The van der Waals surface area contributed by atoms with E-state index in [1.54, 1.807) is 24.3 Å². The van der Waals surface area contributed by atoms with Crippen molar-refractivity contribution in [3.8, 4) is 0 Å². The summed E-state index contributed by atoms with van der Waals surface area (Å²) >= 11 is 0. The van der Waals surface area contributed by atoms with Crippen molar-refractivity contribution >= 4 is 23.2 Å². The summed E-state index contributed by atoms with van der Waals surface area (Å²) < 4.78 is 0. The highest BCUT2D eigenvalue weighted by Gasteiger charge is 2.61. The van der Waals surface area contributed by atoms with E-state index in [1.807, 2.05) is 24.3 Å². The molecule has 3 aromatic rings. The van der Waals surface area contributed by atoms with Gasteiger partial charge in [0.1, 0.15) is 0 Å². The minimum absolute atomic E-state index is 0.0788. The summed E-state index contributed by atoms with van der Waals surface area (Å²) in [5.41, 5.74) is 11.8. The molecule has 0 saturated carbocycles. The van der Waals surface area contributed by atoms with Gasteiger partial charge in [-0.3, -0.25) is 9.59 Å². The molecule has 2 bridgehead atoms. The maximum atomic E-state index is 13.5. The summed E-state index contributed by atoms with van der Waals surface area (Å²) in [5.74, 6) is -1.10. The number of amides is 2. The molecule has 1 saturated heterocycles. The Morgan fingerprint density at radius 3 is 1.54 bits per heavy atom. The van der Waals surface area contributed by atoms with Crippen LogP contribution in [0.5, 0.6) is 0 Å². The summed E-state index contributed by atoms with van der Waals surface area (Å²) in [7, 11) is 0. The van der Waals surface area contributed by atoms with Gasteiger partial charge in [0.2, 0.25) is 11.8 Å². The van der Waals surface area contributed by atoms with Gasteiger partial charge in [-0.05, 0) is 40.5 Å². The molecule has 0 spiro atoms. The third-order valence-corrected chi connectivity index (χ3v) is 6.58. The Kier molecular flexibility index (Phi) is 2.97. The Morgan fingerprint density at radius 1 is 0.643 bits per heavy atom. The molecule has 2 N–H and O–H groups in total. The first-order valence-electron chi connectivity index (χ1n) is 9.58. The van der Waals surface area contributed by atoms with Gasteiger partial charge in [0, 0.05) is 17.5 Å². The second-order valence-electron chi connectivity index (χ2n) is 7.87. The Hall–Kier alpha value is -3.40. The van der Waals surface area contributed by atoms with Crippen LogP contribution < -0.4 is 10.6 Å². The van der Waals surface area contributed by atoms with Gasteiger partial charge in [0.15, 0.2) is 0 Å². The molecule has 1 heterocycles. The van der Waals surface area contributed by atoms with Crippen LogP contribution >= 0.6 is 0 Å². The van der Waals surface area contributed by atoms with E-state index in [0.29, 0.717) is 11.4 Å². The Morgan fingerprint density at radius 2 is 1.11 bits per heavy atom. The third kappa shape index (κ3) is 1.80. The smallest absolute Gasteiger partial charge is 0.238 e. The molecular formula is C24H18N2O2. The molecule has 7 rings (SSSR count). The fourth-order valence-corrected chi connectivity index (χ4v) is 5.60. The Balaban J connectivity index is 1.58. The average Bonchev–Trinajstić information content (AvgIpc) is 2.99. The lowest BCUT2D eigenvalue weighted by Gasteiger charge is -2.45. The molecule has 3 aliphatic carbocycles. The average molecular weight is 366 g/mol. The summed E-state index contributed by atoms with van der Waals surface area (Å²) in [6.45, 7) is 0. The highest BCUT2D eigenvalue weighted by molar-refractivity contribution is 6.23. The first kappa shape index (κ1) is 15.6. The zero-order chi connectivity index (χ0) is 19.0. The van der Waals surface area contributed by atoms with E-state index < -0.39 is 0 Å². The zero-order valence-electron chi connectivity index (χ0n) is 15.1. The molecule has 0 radical (unpaired) electrons. The lowest BCUT2D eigenvalue weighted by Crippen LogP contribution is -2.41. The normalized spacial score (nSPS) is 26.8. The van der Waals surface area contributed by atoms with Gasteiger partial charge in [0.05, 0.1) is 17.5 Å². The van der Waals surface area contributed by atoms with Gasteiger partial charge in [0.25, 0.3) is 0 Å². The minimum Gasteiger partial charge on any atom is -0.399 e. The van der Waals surface area contributed by atoms with Crippen LogP contribution in [0, 0.1) is 11.8 Å². The van der Waals surface area contributed by atoms with Crippen molar-refractivity contribution in [3.05, 3.63) is 95.1 Å². The van der Waals surface area contributed by atoms with E-state index in [4.69, 9.17) is 5.73 Å². The number of anilines is 2. The summed E-state index contributed by atoms with van der Waals surface area (Å²) in [4.78, 5) is 28.4. The standard InChI is InChI=1S/C24H18N2O2/c25-13-6-5-7-14(12-13)26-23(27)21-19-15-8-1-2-9-16(15)20(22(21)24(26)28)18-11-4-3-10-17(18)19/h1-12,19-22H,25H2/t19?,20?,21-,22-/m0/s1. The number of benzene rings is 3. The molecule has 28 heavy (non-hydrogen) atoms. The maximum absolute atomic E-state index is 13.5. The van der Waals surface area contributed by atoms with Crippen molar-refractivity contribution in [1.82, 2.24) is 0 Å². The van der Waals surface area contributed by atoms with Crippen molar-refractivity contribution in [2.45, 2.75) is 11.8 Å². The quantitative estimate of drug-likeness (QED) is 0.528. The van der Waals surface area contributed by atoms with Gasteiger partial charge < -0.3 is 5.73 Å². The number of nitrogens with two attached hydrogens (primary N) is 1. The van der Waals surface area contributed by atoms with Crippen LogP contribution in [0.15, 0.2) is 72.8 Å². The predicted octanol–water partition coefficient (Wildman–Crippen LogP) is 3.67. The number of imide groups is 1. The van der Waals surface area contributed by atoms with Crippen molar-refractivity contribution in [2.24, 2.45) is 11.8 Å². The number of hydrogen-bond acceptors (Lipinski definition) is 3. The van der Waals surface area contributed by atoms with Crippen LogP contribution in [-0.2, 0) is 9.59 Å². The fraction of sp³-hybridized carbons (Fsp3) is 0.167. The number of nitrogens with zero attached hydrogens (tertiary/aromatic N) is 1. The fourth-order valence-electron chi connectivity index (χ4n) is 5.60. The highest BCUT2D eigenvalue weighted by Crippen LogP contribution is 2.61. The lowest BCUT2D eigenvalue weighted by molar-refractivity contribution is -0.122. The lowest BCUT2D eigenvalue weighted by atomic mass is 9.55. The molecule has 4 aliphatic rings. The molecule has 136 valence electrons. The SMILES string of the molecule is Nc1cccc(N2C(=O)[C@H]3C4c5ccccc5C(c5ccccc54)[C@@H]3C2=O)c1. The summed E-state index contributed by atoms with van der Waals surface area (Å²) in [5, 5.41) is 0. The monoisotopic (exact) mass is 366 g/mol. The predicted molar refractivity (Wildman–Crippen MR) is 107 cm³/mol. The van der Waals surface area contributed by atoms with Gasteiger partial charge in [-0.2, -0.15) is 0 Å². The number of carbonyl (C=O) groups is 2. The number of carbonyl (C=O) groups excluding carboxylic acids is 2. The van der Waals surface area contributed by atoms with E-state index in [9.17, 15) is 9.59 Å². The van der Waals surface area contributed by atoms with Crippen molar-refractivity contribution in [2.75, 3.05) is 10.6 Å². The Bertz CT molecular complexity index is 1050. The zero-order valence-corrected chi connectivity index (χ0v) is 15.1. The molecular weight excluding hydrogens is 348 g/mol. The van der Waals surface area contributed by atoms with E-state index >= 15 is 0 Å². The third-order valence-electron chi connectivity index (χ3n) is 6.58. The van der Waals surface area contributed by atoms with Gasteiger partial charge in [-0.15, -0.1) is 0 Å². The number of hydrogen-bond donors (Lipinski definition) is 1. The van der Waals surface area contributed by atoms with Crippen LogP contribution in [0.4, 0.5) is 11.4 Å². The van der Waals surface area contributed by atoms with E-state index in [1.165, 1.54) is 27.2 Å². The maximum Gasteiger partial charge on any atom is 0.238 e. The largest absolute Gasteiger partial charge is 0.399 e. The molecule has 1 aliphatic heterocycles. The van der Waals surface area contributed by atoms with Crippen molar-refractivity contribution in [1.29, 1.82) is 0 Å². The van der Waals surface area contributed by atoms with E-state index in [2.05, 4.69) is 24.3 Å². The number of nitrogen functional groups attached to an aromatic ring is 1. The van der Waals surface area contributed by atoms with Crippen LogP contribution in [0.2, 0.25) is 0 Å². The molecule has 2 atom stereocenters. The van der Waals surface area contributed by atoms with Crippen LogP contribution in [-0.4, -0.2) is 11.8 Å². The summed E-state index contributed by atoms with van der Waals surface area (Å²) in [6.07, 6.45) is 0. The van der Waals surface area contributed by atoms with Crippen LogP contribution in [0.1, 0.15) is 34.1 Å². The molecule has 3 aromatic carbocycles. The molecule has 4 heteroatoms. The minimum atomic E-state index is -0.358. The number of rotatable bonds is 1. The second-order valence-corrected chi connectivity index (χ2v) is 7.87.